The van der Waals surface area contributed by atoms with Gasteiger partial charge >= 0.3 is 5.97 Å². The van der Waals surface area contributed by atoms with Crippen LogP contribution in [0.25, 0.3) is 0 Å². The van der Waals surface area contributed by atoms with Gasteiger partial charge in [-0.05, 0) is 51.4 Å². The normalized spacial score (nSPS) is 14.5. The van der Waals surface area contributed by atoms with E-state index >= 15 is 0 Å². The highest BCUT2D eigenvalue weighted by atomic mass is 32.1. The maximum absolute atomic E-state index is 12.8. The van der Waals surface area contributed by atoms with Gasteiger partial charge in [-0.3, -0.25) is 4.79 Å². The molecule has 1 aliphatic rings. The fourth-order valence-electron chi connectivity index (χ4n) is 3.38. The molecule has 1 aliphatic carbocycles. The number of hydrogen-bond donors (Lipinski definition) is 2. The Hall–Kier alpha value is -1.67. The lowest BCUT2D eigenvalue weighted by Crippen LogP contribution is -2.38. The maximum atomic E-state index is 12.8. The number of anilines is 1. The summed E-state index contributed by atoms with van der Waals surface area (Å²) in [6, 6.07) is 0.359. The molecule has 1 amide bonds. The molecule has 0 spiro atoms. The fourth-order valence-corrected chi connectivity index (χ4v) is 4.88. The molecule has 2 rings (SSSR count). The third kappa shape index (κ3) is 5.19. The molecule has 1 fully saturated rings. The zero-order chi connectivity index (χ0) is 20.0. The molecule has 150 valence electrons. The van der Waals surface area contributed by atoms with E-state index in [2.05, 4.69) is 10.6 Å². The number of amides is 1. The van der Waals surface area contributed by atoms with Gasteiger partial charge in [0, 0.05) is 19.1 Å². The summed E-state index contributed by atoms with van der Waals surface area (Å²) in [5, 5.41) is 7.51. The van der Waals surface area contributed by atoms with Crippen LogP contribution in [0.1, 0.15) is 71.5 Å². The van der Waals surface area contributed by atoms with Crippen LogP contribution in [-0.4, -0.2) is 48.1 Å². The molecule has 0 aliphatic heterocycles. The molecular weight excluding hydrogens is 382 g/mol. The van der Waals surface area contributed by atoms with Crippen LogP contribution in [-0.2, 0) is 4.74 Å². The van der Waals surface area contributed by atoms with Crippen LogP contribution in [0.15, 0.2) is 0 Å². The Morgan fingerprint density at radius 3 is 2.41 bits per heavy atom. The fraction of sp³-hybridized carbons (Fsp3) is 0.632. The number of rotatable bonds is 6. The highest BCUT2D eigenvalue weighted by Crippen LogP contribution is 2.34. The number of nitrogens with one attached hydrogen (secondary N) is 2. The summed E-state index contributed by atoms with van der Waals surface area (Å²) in [6.07, 6.45) is 5.87. The minimum atomic E-state index is -0.467. The highest BCUT2D eigenvalue weighted by Gasteiger charge is 2.27. The van der Waals surface area contributed by atoms with Gasteiger partial charge < -0.3 is 20.3 Å². The molecule has 1 heterocycles. The largest absolute Gasteiger partial charge is 0.465 e. The smallest absolute Gasteiger partial charge is 0.341 e. The number of hydrogen-bond acceptors (Lipinski definition) is 5. The van der Waals surface area contributed by atoms with Gasteiger partial charge in [0.25, 0.3) is 5.91 Å². The van der Waals surface area contributed by atoms with Crippen LogP contribution in [0.3, 0.4) is 0 Å². The van der Waals surface area contributed by atoms with E-state index < -0.39 is 5.97 Å². The first-order chi connectivity index (χ1) is 12.9. The Labute approximate surface area is 170 Å². The molecule has 0 radical (unpaired) electrons. The average molecular weight is 412 g/mol. The Kier molecular flexibility index (Phi) is 8.04. The monoisotopic (exact) mass is 411 g/mol. The molecule has 0 atom stereocenters. The average Bonchev–Trinajstić information content (AvgIpc) is 2.98. The predicted molar refractivity (Wildman–Crippen MR) is 114 cm³/mol. The molecule has 8 heteroatoms. The number of ether oxygens (including phenoxy) is 1. The second-order valence-electron chi connectivity index (χ2n) is 6.66. The Balaban J connectivity index is 2.25. The second-order valence-corrected chi connectivity index (χ2v) is 8.09. The van der Waals surface area contributed by atoms with Crippen molar-refractivity contribution in [2.75, 3.05) is 25.5 Å². The summed E-state index contributed by atoms with van der Waals surface area (Å²) in [5.41, 5.74) is 1.01. The van der Waals surface area contributed by atoms with E-state index in [-0.39, 0.29) is 5.91 Å². The summed E-state index contributed by atoms with van der Waals surface area (Å²) in [6.45, 7) is 6.89. The number of esters is 1. The summed E-state index contributed by atoms with van der Waals surface area (Å²) in [5.74, 6) is -0.544. The molecular formula is C19H29N3O3S2. The number of thiocarbonyl (C=S) groups is 1. The Morgan fingerprint density at radius 2 is 1.85 bits per heavy atom. The number of nitrogens with zero attached hydrogens (tertiary/aromatic N) is 1. The Morgan fingerprint density at radius 1 is 1.22 bits per heavy atom. The quantitative estimate of drug-likeness (QED) is 0.546. The molecule has 1 saturated carbocycles. The van der Waals surface area contributed by atoms with Gasteiger partial charge in [-0.2, -0.15) is 0 Å². The number of thiophene rings is 1. The molecule has 1 aromatic heterocycles. The van der Waals surface area contributed by atoms with Crippen molar-refractivity contribution in [3.05, 3.63) is 16.0 Å². The first kappa shape index (κ1) is 21.6. The van der Waals surface area contributed by atoms with Crippen molar-refractivity contribution in [2.24, 2.45) is 0 Å². The Bertz CT molecular complexity index is 693. The SMILES string of the molecule is CCN(CC)C(=O)c1sc(NC(=S)NC2CCCCC2)c(C(=O)OC)c1C. The molecule has 27 heavy (non-hydrogen) atoms. The van der Waals surface area contributed by atoms with Crippen molar-refractivity contribution >= 4 is 45.5 Å². The summed E-state index contributed by atoms with van der Waals surface area (Å²) >= 11 is 6.71. The molecule has 0 unspecified atom stereocenters. The van der Waals surface area contributed by atoms with Gasteiger partial charge in [-0.1, -0.05) is 19.3 Å². The van der Waals surface area contributed by atoms with Crippen molar-refractivity contribution < 1.29 is 14.3 Å². The topological polar surface area (TPSA) is 70.7 Å². The molecule has 0 saturated heterocycles. The first-order valence-electron chi connectivity index (χ1n) is 9.51. The highest BCUT2D eigenvalue weighted by molar-refractivity contribution is 7.80. The van der Waals surface area contributed by atoms with Gasteiger partial charge in [0.1, 0.15) is 5.00 Å². The van der Waals surface area contributed by atoms with Crippen molar-refractivity contribution in [1.29, 1.82) is 0 Å². The van der Waals surface area contributed by atoms with Gasteiger partial charge in [0.05, 0.1) is 17.6 Å². The van der Waals surface area contributed by atoms with Crippen molar-refractivity contribution in [2.45, 2.75) is 58.9 Å². The summed E-state index contributed by atoms with van der Waals surface area (Å²) in [7, 11) is 1.34. The number of carbonyl (C=O) groups excluding carboxylic acids is 2. The minimum Gasteiger partial charge on any atom is -0.465 e. The second kappa shape index (κ2) is 10.0. The van der Waals surface area contributed by atoms with E-state index in [1.165, 1.54) is 37.7 Å². The zero-order valence-corrected chi connectivity index (χ0v) is 18.1. The molecule has 2 N–H and O–H groups in total. The third-order valence-electron chi connectivity index (χ3n) is 4.95. The molecule has 0 aromatic carbocycles. The number of methoxy groups -OCH3 is 1. The zero-order valence-electron chi connectivity index (χ0n) is 16.5. The minimum absolute atomic E-state index is 0.0770. The van der Waals surface area contributed by atoms with E-state index in [0.29, 0.717) is 45.2 Å². The standard InChI is InChI=1S/C19H29N3O3S2/c1-5-22(6-2)17(23)15-12(3)14(18(24)25-4)16(27-15)21-19(26)20-13-10-8-7-9-11-13/h13H,5-11H2,1-4H3,(H2,20,21,26). The van der Waals surface area contributed by atoms with Crippen molar-refractivity contribution in [1.82, 2.24) is 10.2 Å². The van der Waals surface area contributed by atoms with E-state index in [9.17, 15) is 9.59 Å². The van der Waals surface area contributed by atoms with Crippen molar-refractivity contribution in [3.8, 4) is 0 Å². The maximum Gasteiger partial charge on any atom is 0.341 e. The van der Waals surface area contributed by atoms with E-state index in [1.807, 2.05) is 13.8 Å². The number of carbonyl (C=O) groups is 2. The van der Waals surface area contributed by atoms with Gasteiger partial charge in [0.2, 0.25) is 0 Å². The van der Waals surface area contributed by atoms with E-state index in [1.54, 1.807) is 11.8 Å². The molecule has 0 bridgehead atoms. The first-order valence-corrected chi connectivity index (χ1v) is 10.7. The lowest BCUT2D eigenvalue weighted by atomic mass is 9.96. The van der Waals surface area contributed by atoms with Crippen LogP contribution in [0, 0.1) is 6.92 Å². The summed E-state index contributed by atoms with van der Waals surface area (Å²) < 4.78 is 4.93. The van der Waals surface area contributed by atoms with Gasteiger partial charge in [-0.15, -0.1) is 11.3 Å². The van der Waals surface area contributed by atoms with Crippen LogP contribution in [0.4, 0.5) is 5.00 Å². The van der Waals surface area contributed by atoms with E-state index in [4.69, 9.17) is 17.0 Å². The van der Waals surface area contributed by atoms with Crippen LogP contribution in [0.2, 0.25) is 0 Å². The van der Waals surface area contributed by atoms with Gasteiger partial charge in [0.15, 0.2) is 5.11 Å². The lowest BCUT2D eigenvalue weighted by Gasteiger charge is -2.24. The summed E-state index contributed by atoms with van der Waals surface area (Å²) in [4.78, 5) is 27.4. The third-order valence-corrected chi connectivity index (χ3v) is 6.36. The van der Waals surface area contributed by atoms with E-state index in [0.717, 1.165) is 12.8 Å². The van der Waals surface area contributed by atoms with Crippen LogP contribution in [0.5, 0.6) is 0 Å². The molecule has 6 nitrogen and oxygen atoms in total. The van der Waals surface area contributed by atoms with Crippen LogP contribution >= 0.6 is 23.6 Å². The van der Waals surface area contributed by atoms with Crippen molar-refractivity contribution in [3.63, 3.8) is 0 Å². The van der Waals surface area contributed by atoms with Gasteiger partial charge in [-0.25, -0.2) is 4.79 Å². The molecule has 1 aromatic rings. The van der Waals surface area contributed by atoms with Crippen LogP contribution < -0.4 is 10.6 Å². The predicted octanol–water partition coefficient (Wildman–Crippen LogP) is 3.94. The lowest BCUT2D eigenvalue weighted by molar-refractivity contribution is 0.0601.